The number of alkyl halides is 2. The molecule has 0 saturated heterocycles. The van der Waals surface area contributed by atoms with E-state index in [0.717, 1.165) is 5.56 Å². The van der Waals surface area contributed by atoms with E-state index in [2.05, 4.69) is 0 Å². The molecule has 0 saturated carbocycles. The Labute approximate surface area is 114 Å². The second-order valence-electron chi connectivity index (χ2n) is 3.94. The zero-order valence-corrected chi connectivity index (χ0v) is 10.8. The highest BCUT2D eigenvalue weighted by Crippen LogP contribution is 2.33. The van der Waals surface area contributed by atoms with Gasteiger partial charge in [0.05, 0.1) is 11.6 Å². The van der Waals surface area contributed by atoms with Gasteiger partial charge in [-0.1, -0.05) is 30.3 Å². The predicted octanol–water partition coefficient (Wildman–Crippen LogP) is 4.79. The maximum absolute atomic E-state index is 12.9. The third-order valence-electron chi connectivity index (χ3n) is 2.61. The molecule has 0 aromatic heterocycles. The summed E-state index contributed by atoms with van der Waals surface area (Å²) in [6.07, 6.45) is -2.56. The van der Waals surface area contributed by atoms with Crippen molar-refractivity contribution in [2.24, 2.45) is 0 Å². The molecule has 4 heteroatoms. The Morgan fingerprint density at radius 1 is 1.11 bits per heavy atom. The molecule has 2 rings (SSSR count). The molecule has 0 fully saturated rings. The predicted molar refractivity (Wildman–Crippen MR) is 72.1 cm³/mol. The molecule has 19 heavy (non-hydrogen) atoms. The second-order valence-corrected chi connectivity index (χ2v) is 4.96. The first-order chi connectivity index (χ1) is 9.20. The second kappa shape index (κ2) is 6.35. The molecule has 0 heterocycles. The first kappa shape index (κ1) is 13.6. The van der Waals surface area contributed by atoms with Gasteiger partial charge in [0.1, 0.15) is 0 Å². The highest BCUT2D eigenvalue weighted by atomic mass is 32.2. The molecule has 2 aromatic carbocycles. The number of rotatable bonds is 4. The van der Waals surface area contributed by atoms with Crippen LogP contribution in [0.15, 0.2) is 53.4 Å². The molecule has 0 aliphatic rings. The summed E-state index contributed by atoms with van der Waals surface area (Å²) < 4.78 is 25.9. The fourth-order valence-corrected chi connectivity index (χ4v) is 2.65. The first-order valence-electron chi connectivity index (χ1n) is 5.69. The minimum absolute atomic E-state index is 0.0695. The third kappa shape index (κ3) is 3.55. The van der Waals surface area contributed by atoms with Gasteiger partial charge in [-0.2, -0.15) is 5.26 Å². The van der Waals surface area contributed by atoms with E-state index >= 15 is 0 Å². The van der Waals surface area contributed by atoms with E-state index in [-0.39, 0.29) is 11.1 Å². The van der Waals surface area contributed by atoms with Crippen molar-refractivity contribution in [3.05, 3.63) is 65.2 Å². The molecule has 0 bridgehead atoms. The van der Waals surface area contributed by atoms with Crippen LogP contribution in [0.3, 0.4) is 0 Å². The van der Waals surface area contributed by atoms with Gasteiger partial charge < -0.3 is 0 Å². The average Bonchev–Trinajstić information content (AvgIpc) is 2.46. The van der Waals surface area contributed by atoms with Gasteiger partial charge in [0.25, 0.3) is 6.43 Å². The van der Waals surface area contributed by atoms with E-state index in [1.807, 2.05) is 36.4 Å². The molecule has 0 radical (unpaired) electrons. The van der Waals surface area contributed by atoms with Crippen molar-refractivity contribution in [2.75, 3.05) is 0 Å². The zero-order chi connectivity index (χ0) is 13.7. The van der Waals surface area contributed by atoms with Crippen LogP contribution in [0.5, 0.6) is 0 Å². The van der Waals surface area contributed by atoms with Crippen molar-refractivity contribution in [1.82, 2.24) is 0 Å². The zero-order valence-electron chi connectivity index (χ0n) is 10.0. The summed E-state index contributed by atoms with van der Waals surface area (Å²) in [5.74, 6) is 0.631. The van der Waals surface area contributed by atoms with Gasteiger partial charge in [-0.25, -0.2) is 8.78 Å². The summed E-state index contributed by atoms with van der Waals surface area (Å²) in [7, 11) is 0. The van der Waals surface area contributed by atoms with Crippen LogP contribution in [0, 0.1) is 11.3 Å². The molecule has 0 aliphatic carbocycles. The number of halogens is 2. The Kier molecular flexibility index (Phi) is 4.53. The van der Waals surface area contributed by atoms with Crippen LogP contribution >= 0.6 is 11.8 Å². The summed E-state index contributed by atoms with van der Waals surface area (Å²) in [6.45, 7) is 0. The molecule has 96 valence electrons. The molecule has 2 aromatic rings. The van der Waals surface area contributed by atoms with Crippen molar-refractivity contribution in [3.8, 4) is 6.07 Å². The monoisotopic (exact) mass is 275 g/mol. The number of thioether (sulfide) groups is 1. The number of benzene rings is 2. The summed E-state index contributed by atoms with van der Waals surface area (Å²) in [6, 6.07) is 16.0. The van der Waals surface area contributed by atoms with Crippen LogP contribution in [0.25, 0.3) is 0 Å². The van der Waals surface area contributed by atoms with Gasteiger partial charge in [0, 0.05) is 16.2 Å². The van der Waals surface area contributed by atoms with Gasteiger partial charge in [0.15, 0.2) is 0 Å². The summed E-state index contributed by atoms with van der Waals surface area (Å²) in [5.41, 5.74) is 1.27. The largest absolute Gasteiger partial charge is 0.264 e. The molecular weight excluding hydrogens is 264 g/mol. The van der Waals surface area contributed by atoms with Gasteiger partial charge in [-0.15, -0.1) is 11.8 Å². The number of hydrogen-bond acceptors (Lipinski definition) is 2. The van der Waals surface area contributed by atoms with E-state index in [4.69, 9.17) is 5.26 Å². The maximum Gasteiger partial charge on any atom is 0.264 e. The quantitative estimate of drug-likeness (QED) is 0.749. The van der Waals surface area contributed by atoms with Gasteiger partial charge >= 0.3 is 0 Å². The van der Waals surface area contributed by atoms with Gasteiger partial charge in [-0.3, -0.25) is 0 Å². The van der Waals surface area contributed by atoms with Crippen molar-refractivity contribution in [2.45, 2.75) is 17.1 Å². The smallest absolute Gasteiger partial charge is 0.205 e. The Morgan fingerprint density at radius 2 is 1.84 bits per heavy atom. The lowest BCUT2D eigenvalue weighted by molar-refractivity contribution is 0.148. The maximum atomic E-state index is 12.9. The Balaban J connectivity index is 2.18. The van der Waals surface area contributed by atoms with E-state index in [1.54, 1.807) is 12.1 Å². The van der Waals surface area contributed by atoms with E-state index in [9.17, 15) is 8.78 Å². The molecule has 0 atom stereocenters. The number of nitriles is 1. The molecule has 0 spiro atoms. The Hall–Kier alpha value is -1.86. The van der Waals surface area contributed by atoms with Gasteiger partial charge in [-0.05, 0) is 23.8 Å². The van der Waals surface area contributed by atoms with Crippen LogP contribution in [0.2, 0.25) is 0 Å². The number of nitrogens with zero attached hydrogens (tertiary/aromatic N) is 1. The van der Waals surface area contributed by atoms with Crippen molar-refractivity contribution in [3.63, 3.8) is 0 Å². The topological polar surface area (TPSA) is 23.8 Å². The van der Waals surface area contributed by atoms with Crippen LogP contribution in [-0.2, 0) is 5.75 Å². The standard InChI is InChI=1S/C15H11F2NS/c16-15(17)13-8-12(9-18)6-7-14(13)19-10-11-4-2-1-3-5-11/h1-8,15H,10H2. The van der Waals surface area contributed by atoms with Crippen LogP contribution in [0.1, 0.15) is 23.1 Å². The summed E-state index contributed by atoms with van der Waals surface area (Å²) >= 11 is 1.36. The first-order valence-corrected chi connectivity index (χ1v) is 6.68. The van der Waals surface area contributed by atoms with Crippen LogP contribution < -0.4 is 0 Å². The Morgan fingerprint density at radius 3 is 2.47 bits per heavy atom. The summed E-state index contributed by atoms with van der Waals surface area (Å²) in [4.78, 5) is 0.526. The van der Waals surface area contributed by atoms with Crippen molar-refractivity contribution in [1.29, 1.82) is 5.26 Å². The highest BCUT2D eigenvalue weighted by Gasteiger charge is 2.14. The van der Waals surface area contributed by atoms with E-state index in [0.29, 0.717) is 10.6 Å². The molecule has 1 nitrogen and oxygen atoms in total. The lowest BCUT2D eigenvalue weighted by Gasteiger charge is -2.09. The van der Waals surface area contributed by atoms with E-state index in [1.165, 1.54) is 17.8 Å². The fourth-order valence-electron chi connectivity index (χ4n) is 1.66. The Bertz CT molecular complexity index is 591. The van der Waals surface area contributed by atoms with Crippen molar-refractivity contribution < 1.29 is 8.78 Å². The number of hydrogen-bond donors (Lipinski definition) is 0. The fraction of sp³-hybridized carbons (Fsp3) is 0.133. The average molecular weight is 275 g/mol. The summed E-state index contributed by atoms with van der Waals surface area (Å²) in [5, 5.41) is 8.74. The SMILES string of the molecule is N#Cc1ccc(SCc2ccccc2)c(C(F)F)c1. The minimum atomic E-state index is -2.56. The molecule has 0 N–H and O–H groups in total. The third-order valence-corrected chi connectivity index (χ3v) is 3.77. The molecular formula is C15H11F2NS. The lowest BCUT2D eigenvalue weighted by atomic mass is 10.1. The van der Waals surface area contributed by atoms with Gasteiger partial charge in [0.2, 0.25) is 0 Å². The minimum Gasteiger partial charge on any atom is -0.205 e. The highest BCUT2D eigenvalue weighted by molar-refractivity contribution is 7.98. The lowest BCUT2D eigenvalue weighted by Crippen LogP contribution is -1.91. The van der Waals surface area contributed by atoms with E-state index < -0.39 is 6.43 Å². The molecule has 0 unspecified atom stereocenters. The van der Waals surface area contributed by atoms with Crippen molar-refractivity contribution >= 4 is 11.8 Å². The molecule has 0 amide bonds. The normalized spacial score (nSPS) is 10.4. The molecule has 0 aliphatic heterocycles. The van der Waals surface area contributed by atoms with Crippen LogP contribution in [-0.4, -0.2) is 0 Å². The van der Waals surface area contributed by atoms with Crippen LogP contribution in [0.4, 0.5) is 8.78 Å².